The molecule has 8 heteroatoms. The standard InChI is InChI=1S/C27H22ClF2N5/c1-34(2)15-16-6-8-17(9-7-16)18-12-20(26(31)32-14-18)27-33-22-13-19(29)10-11-23(22)35(27)24-5-3-4-21(28)25(24)30/h3-14H,15H2,1-2H3,(H2,31,32). The number of halogens is 3. The Morgan fingerprint density at radius 3 is 2.49 bits per heavy atom. The molecule has 0 bridgehead atoms. The number of fused-ring (bicyclic) bond motifs is 1. The number of rotatable bonds is 5. The Morgan fingerprint density at radius 1 is 0.971 bits per heavy atom. The lowest BCUT2D eigenvalue weighted by Gasteiger charge is -2.14. The van der Waals surface area contributed by atoms with Crippen molar-refractivity contribution in [3.05, 3.63) is 95.1 Å². The summed E-state index contributed by atoms with van der Waals surface area (Å²) in [5.41, 5.74) is 10.8. The molecule has 2 N–H and O–H groups in total. The largest absolute Gasteiger partial charge is 0.383 e. The molecule has 0 saturated carbocycles. The van der Waals surface area contributed by atoms with Crippen molar-refractivity contribution >= 4 is 28.5 Å². The monoisotopic (exact) mass is 489 g/mol. The van der Waals surface area contributed by atoms with E-state index in [0.717, 1.165) is 17.7 Å². The minimum atomic E-state index is -0.613. The van der Waals surface area contributed by atoms with E-state index in [1.54, 1.807) is 29.0 Å². The van der Waals surface area contributed by atoms with Crippen LogP contribution in [0.5, 0.6) is 0 Å². The molecular formula is C27H22ClF2N5. The van der Waals surface area contributed by atoms with E-state index >= 15 is 4.39 Å². The molecule has 0 aliphatic carbocycles. The van der Waals surface area contributed by atoms with E-state index in [9.17, 15) is 4.39 Å². The maximum atomic E-state index is 15.1. The van der Waals surface area contributed by atoms with Crippen molar-refractivity contribution in [2.45, 2.75) is 6.54 Å². The summed E-state index contributed by atoms with van der Waals surface area (Å²) < 4.78 is 30.7. The fraction of sp³-hybridized carbons (Fsp3) is 0.111. The number of benzene rings is 3. The van der Waals surface area contributed by atoms with Crippen LogP contribution in [0.15, 0.2) is 72.9 Å². The van der Waals surface area contributed by atoms with Crippen LogP contribution in [-0.2, 0) is 6.54 Å². The third kappa shape index (κ3) is 4.36. The number of aromatic nitrogens is 3. The first kappa shape index (κ1) is 23.0. The van der Waals surface area contributed by atoms with E-state index in [2.05, 4.69) is 27.0 Å². The van der Waals surface area contributed by atoms with Crippen molar-refractivity contribution in [1.29, 1.82) is 0 Å². The molecule has 0 atom stereocenters. The topological polar surface area (TPSA) is 60.0 Å². The van der Waals surface area contributed by atoms with Crippen LogP contribution in [0.1, 0.15) is 5.56 Å². The molecule has 2 aromatic heterocycles. The van der Waals surface area contributed by atoms with Crippen LogP contribution in [-0.4, -0.2) is 33.5 Å². The maximum absolute atomic E-state index is 15.1. The molecule has 2 heterocycles. The fourth-order valence-corrected chi connectivity index (χ4v) is 4.29. The first-order valence-electron chi connectivity index (χ1n) is 10.9. The van der Waals surface area contributed by atoms with Gasteiger partial charge in [-0.05, 0) is 55.6 Å². The Bertz CT molecular complexity index is 1540. The maximum Gasteiger partial charge on any atom is 0.165 e. The minimum absolute atomic E-state index is 0.0323. The van der Waals surface area contributed by atoms with Crippen LogP contribution >= 0.6 is 11.6 Å². The molecule has 5 aromatic rings. The number of imidazole rings is 1. The molecule has 0 fully saturated rings. The Morgan fingerprint density at radius 2 is 1.74 bits per heavy atom. The molecular weight excluding hydrogens is 468 g/mol. The molecule has 0 aliphatic heterocycles. The zero-order valence-corrected chi connectivity index (χ0v) is 19.9. The van der Waals surface area contributed by atoms with Crippen LogP contribution in [0.4, 0.5) is 14.6 Å². The second-order valence-electron chi connectivity index (χ2n) is 8.57. The van der Waals surface area contributed by atoms with Gasteiger partial charge in [-0.2, -0.15) is 0 Å². The van der Waals surface area contributed by atoms with Gasteiger partial charge in [0.15, 0.2) is 5.82 Å². The zero-order valence-electron chi connectivity index (χ0n) is 19.1. The Kier molecular flexibility index (Phi) is 5.96. The lowest BCUT2D eigenvalue weighted by molar-refractivity contribution is 0.402. The number of nitrogens with two attached hydrogens (primary N) is 1. The molecule has 0 radical (unpaired) electrons. The summed E-state index contributed by atoms with van der Waals surface area (Å²) in [6.45, 7) is 0.831. The highest BCUT2D eigenvalue weighted by molar-refractivity contribution is 6.30. The van der Waals surface area contributed by atoms with Gasteiger partial charge in [-0.3, -0.25) is 4.57 Å². The molecule has 0 amide bonds. The number of hydrogen-bond acceptors (Lipinski definition) is 4. The smallest absolute Gasteiger partial charge is 0.165 e. The van der Waals surface area contributed by atoms with Crippen LogP contribution in [0.2, 0.25) is 5.02 Å². The molecule has 0 spiro atoms. The SMILES string of the molecule is CN(C)Cc1ccc(-c2cnc(N)c(-c3nc4cc(F)ccc4n3-c3cccc(Cl)c3F)c2)cc1. The molecule has 5 nitrogen and oxygen atoms in total. The molecule has 35 heavy (non-hydrogen) atoms. The number of pyridine rings is 1. The van der Waals surface area contributed by atoms with E-state index in [1.807, 2.05) is 32.3 Å². The molecule has 0 unspecified atom stereocenters. The lowest BCUT2D eigenvalue weighted by Crippen LogP contribution is -2.10. The van der Waals surface area contributed by atoms with Gasteiger partial charge in [-0.15, -0.1) is 0 Å². The average Bonchev–Trinajstić information content (AvgIpc) is 3.19. The quantitative estimate of drug-likeness (QED) is 0.313. The second-order valence-corrected chi connectivity index (χ2v) is 8.98. The van der Waals surface area contributed by atoms with Crippen LogP contribution in [0.3, 0.4) is 0 Å². The highest BCUT2D eigenvalue weighted by atomic mass is 35.5. The van der Waals surface area contributed by atoms with Crippen molar-refractivity contribution in [3.63, 3.8) is 0 Å². The summed E-state index contributed by atoms with van der Waals surface area (Å²) >= 11 is 6.08. The predicted molar refractivity (Wildman–Crippen MR) is 136 cm³/mol. The van der Waals surface area contributed by atoms with Crippen LogP contribution in [0, 0.1) is 11.6 Å². The van der Waals surface area contributed by atoms with Crippen molar-refractivity contribution in [2.75, 3.05) is 19.8 Å². The highest BCUT2D eigenvalue weighted by Crippen LogP contribution is 2.35. The van der Waals surface area contributed by atoms with Crippen LogP contribution in [0.25, 0.3) is 39.2 Å². The van der Waals surface area contributed by atoms with Crippen molar-refractivity contribution in [2.24, 2.45) is 0 Å². The van der Waals surface area contributed by atoms with E-state index in [4.69, 9.17) is 17.3 Å². The molecule has 0 saturated heterocycles. The molecule has 3 aromatic carbocycles. The molecule has 5 rings (SSSR count). The number of nitrogens with zero attached hydrogens (tertiary/aromatic N) is 4. The van der Waals surface area contributed by atoms with Gasteiger partial charge in [0.05, 0.1) is 27.3 Å². The normalized spacial score (nSPS) is 11.5. The van der Waals surface area contributed by atoms with E-state index < -0.39 is 11.6 Å². The van der Waals surface area contributed by atoms with Crippen molar-refractivity contribution < 1.29 is 8.78 Å². The highest BCUT2D eigenvalue weighted by Gasteiger charge is 2.21. The second kappa shape index (κ2) is 9.09. The third-order valence-electron chi connectivity index (χ3n) is 5.73. The van der Waals surface area contributed by atoms with Crippen molar-refractivity contribution in [3.8, 4) is 28.2 Å². The van der Waals surface area contributed by atoms with Gasteiger partial charge in [-0.1, -0.05) is 41.9 Å². The van der Waals surface area contributed by atoms with Gasteiger partial charge in [0.25, 0.3) is 0 Å². The molecule has 176 valence electrons. The van der Waals surface area contributed by atoms with Gasteiger partial charge in [0.1, 0.15) is 17.5 Å². The summed E-state index contributed by atoms with van der Waals surface area (Å²) in [5, 5.41) is -0.0323. The third-order valence-corrected chi connectivity index (χ3v) is 6.03. The number of anilines is 1. The lowest BCUT2D eigenvalue weighted by atomic mass is 10.0. The van der Waals surface area contributed by atoms with Gasteiger partial charge < -0.3 is 10.6 Å². The van der Waals surface area contributed by atoms with Gasteiger partial charge in [-0.25, -0.2) is 18.7 Å². The Balaban J connectivity index is 1.70. The first-order valence-corrected chi connectivity index (χ1v) is 11.3. The summed E-state index contributed by atoms with van der Waals surface area (Å²) in [6.07, 6.45) is 1.69. The minimum Gasteiger partial charge on any atom is -0.383 e. The van der Waals surface area contributed by atoms with Crippen LogP contribution < -0.4 is 5.73 Å². The van der Waals surface area contributed by atoms with Gasteiger partial charge >= 0.3 is 0 Å². The summed E-state index contributed by atoms with van der Waals surface area (Å²) in [4.78, 5) is 11.1. The fourth-order valence-electron chi connectivity index (χ4n) is 4.12. The van der Waals surface area contributed by atoms with Crippen molar-refractivity contribution in [1.82, 2.24) is 19.4 Å². The molecule has 0 aliphatic rings. The van der Waals surface area contributed by atoms with E-state index in [1.165, 1.54) is 23.8 Å². The van der Waals surface area contributed by atoms with Gasteiger partial charge in [0, 0.05) is 24.4 Å². The predicted octanol–water partition coefficient (Wildman–Crippen LogP) is 6.33. The van der Waals surface area contributed by atoms with Gasteiger partial charge in [0.2, 0.25) is 0 Å². The van der Waals surface area contributed by atoms with E-state index in [0.29, 0.717) is 22.4 Å². The first-order chi connectivity index (χ1) is 16.8. The Labute approximate surface area is 206 Å². The average molecular weight is 490 g/mol. The number of nitrogen functional groups attached to an aromatic ring is 1. The number of hydrogen-bond donors (Lipinski definition) is 1. The van der Waals surface area contributed by atoms with E-state index in [-0.39, 0.29) is 16.5 Å². The summed E-state index contributed by atoms with van der Waals surface area (Å²) in [5.74, 6) is -0.503. The summed E-state index contributed by atoms with van der Waals surface area (Å²) in [7, 11) is 4.04. The summed E-state index contributed by atoms with van der Waals surface area (Å²) in [6, 6.07) is 18.9. The Hall–Kier alpha value is -3.81. The zero-order chi connectivity index (χ0) is 24.7.